The van der Waals surface area contributed by atoms with E-state index in [0.29, 0.717) is 26.1 Å². The molecule has 0 aliphatic heterocycles. The molecule has 0 atom stereocenters. The lowest BCUT2D eigenvalue weighted by Crippen LogP contribution is -2.39. The van der Waals surface area contributed by atoms with Gasteiger partial charge in [-0.2, -0.15) is 5.26 Å². The highest BCUT2D eigenvalue weighted by atomic mass is 19.1. The normalized spacial score (nSPS) is 9.61. The summed E-state index contributed by atoms with van der Waals surface area (Å²) < 4.78 is 12.7. The SMILES string of the molecule is CCN(CCC#N)C(=O)NCc1ccc(F)cc1. The first-order valence-corrected chi connectivity index (χ1v) is 5.81. The predicted octanol–water partition coefficient (Wildman–Crippen LogP) is 2.27. The average Bonchev–Trinajstić information content (AvgIpc) is 2.39. The summed E-state index contributed by atoms with van der Waals surface area (Å²) >= 11 is 0. The molecule has 0 aromatic heterocycles. The summed E-state index contributed by atoms with van der Waals surface area (Å²) in [6.45, 7) is 3.18. The number of urea groups is 1. The first-order chi connectivity index (χ1) is 8.67. The number of hydrogen-bond donors (Lipinski definition) is 1. The summed E-state index contributed by atoms with van der Waals surface area (Å²) in [5, 5.41) is 11.2. The van der Waals surface area contributed by atoms with Crippen LogP contribution in [0.2, 0.25) is 0 Å². The molecule has 1 N–H and O–H groups in total. The van der Waals surface area contributed by atoms with Gasteiger partial charge in [-0.1, -0.05) is 12.1 Å². The number of nitrogens with one attached hydrogen (secondary N) is 1. The quantitative estimate of drug-likeness (QED) is 0.870. The zero-order valence-electron chi connectivity index (χ0n) is 10.3. The van der Waals surface area contributed by atoms with Crippen LogP contribution >= 0.6 is 0 Å². The molecule has 1 aromatic rings. The Balaban J connectivity index is 2.44. The van der Waals surface area contributed by atoms with Crippen molar-refractivity contribution in [1.82, 2.24) is 10.2 Å². The lowest BCUT2D eigenvalue weighted by atomic mass is 10.2. The minimum Gasteiger partial charge on any atom is -0.334 e. The molecule has 0 aliphatic carbocycles. The fourth-order valence-electron chi connectivity index (χ4n) is 1.48. The molecular formula is C13H16FN3O. The Hall–Kier alpha value is -2.09. The monoisotopic (exact) mass is 249 g/mol. The van der Waals surface area contributed by atoms with Crippen molar-refractivity contribution in [3.05, 3.63) is 35.6 Å². The van der Waals surface area contributed by atoms with Crippen LogP contribution in [-0.2, 0) is 6.54 Å². The Kier molecular flexibility index (Phi) is 5.65. The van der Waals surface area contributed by atoms with Crippen LogP contribution in [0.5, 0.6) is 0 Å². The van der Waals surface area contributed by atoms with Crippen LogP contribution in [0.25, 0.3) is 0 Å². The Bertz CT molecular complexity index is 425. The van der Waals surface area contributed by atoms with Gasteiger partial charge < -0.3 is 10.2 Å². The van der Waals surface area contributed by atoms with Gasteiger partial charge in [0.05, 0.1) is 12.5 Å². The Labute approximate surface area is 106 Å². The molecule has 4 nitrogen and oxygen atoms in total. The van der Waals surface area contributed by atoms with Gasteiger partial charge in [0, 0.05) is 19.6 Å². The van der Waals surface area contributed by atoms with Gasteiger partial charge >= 0.3 is 6.03 Å². The van der Waals surface area contributed by atoms with Crippen LogP contribution in [0.4, 0.5) is 9.18 Å². The van der Waals surface area contributed by atoms with E-state index in [1.165, 1.54) is 12.1 Å². The maximum absolute atomic E-state index is 12.7. The van der Waals surface area contributed by atoms with Crippen molar-refractivity contribution < 1.29 is 9.18 Å². The van der Waals surface area contributed by atoms with Gasteiger partial charge in [0.1, 0.15) is 5.82 Å². The van der Waals surface area contributed by atoms with E-state index < -0.39 is 0 Å². The molecule has 5 heteroatoms. The van der Waals surface area contributed by atoms with Crippen LogP contribution in [0.1, 0.15) is 18.9 Å². The van der Waals surface area contributed by atoms with Gasteiger partial charge in [-0.15, -0.1) is 0 Å². The first-order valence-electron chi connectivity index (χ1n) is 5.81. The van der Waals surface area contributed by atoms with E-state index in [4.69, 9.17) is 5.26 Å². The highest BCUT2D eigenvalue weighted by Crippen LogP contribution is 2.02. The minimum absolute atomic E-state index is 0.211. The lowest BCUT2D eigenvalue weighted by Gasteiger charge is -2.20. The molecule has 1 aromatic carbocycles. The number of benzene rings is 1. The van der Waals surface area contributed by atoms with Gasteiger partial charge in [-0.25, -0.2) is 9.18 Å². The van der Waals surface area contributed by atoms with E-state index in [-0.39, 0.29) is 11.8 Å². The second-order valence-corrected chi connectivity index (χ2v) is 3.77. The number of carbonyl (C=O) groups excluding carboxylic acids is 1. The number of rotatable bonds is 5. The van der Waals surface area contributed by atoms with Crippen LogP contribution in [-0.4, -0.2) is 24.0 Å². The molecule has 0 heterocycles. The molecule has 1 rings (SSSR count). The number of carbonyl (C=O) groups is 1. The van der Waals surface area contributed by atoms with E-state index >= 15 is 0 Å². The van der Waals surface area contributed by atoms with E-state index in [0.717, 1.165) is 5.56 Å². The first kappa shape index (κ1) is 14.0. The van der Waals surface area contributed by atoms with Gasteiger partial charge in [0.2, 0.25) is 0 Å². The van der Waals surface area contributed by atoms with Crippen molar-refractivity contribution in [2.75, 3.05) is 13.1 Å². The van der Waals surface area contributed by atoms with E-state index in [1.807, 2.05) is 13.0 Å². The third-order valence-corrected chi connectivity index (χ3v) is 2.52. The lowest BCUT2D eigenvalue weighted by molar-refractivity contribution is 0.201. The maximum Gasteiger partial charge on any atom is 0.317 e. The molecule has 0 saturated heterocycles. The Morgan fingerprint density at radius 1 is 1.44 bits per heavy atom. The fraction of sp³-hybridized carbons (Fsp3) is 0.385. The molecule has 18 heavy (non-hydrogen) atoms. The van der Waals surface area contributed by atoms with E-state index in [2.05, 4.69) is 5.32 Å². The smallest absolute Gasteiger partial charge is 0.317 e. The minimum atomic E-state index is -0.297. The van der Waals surface area contributed by atoms with Gasteiger partial charge in [-0.05, 0) is 24.6 Å². The summed E-state index contributed by atoms with van der Waals surface area (Å²) in [6.07, 6.45) is 0.317. The molecule has 0 radical (unpaired) electrons. The Morgan fingerprint density at radius 3 is 2.67 bits per heavy atom. The third kappa shape index (κ3) is 4.42. The number of halogens is 1. The van der Waals surface area contributed by atoms with Crippen LogP contribution in [0.15, 0.2) is 24.3 Å². The fourth-order valence-corrected chi connectivity index (χ4v) is 1.48. The van der Waals surface area contributed by atoms with Crippen molar-refractivity contribution in [3.63, 3.8) is 0 Å². The van der Waals surface area contributed by atoms with Crippen molar-refractivity contribution in [3.8, 4) is 6.07 Å². The van der Waals surface area contributed by atoms with E-state index in [1.54, 1.807) is 17.0 Å². The summed E-state index contributed by atoms with van der Waals surface area (Å²) in [5.74, 6) is -0.297. The van der Waals surface area contributed by atoms with Crippen LogP contribution in [0.3, 0.4) is 0 Å². The summed E-state index contributed by atoms with van der Waals surface area (Å²) in [6, 6.07) is 7.76. The molecule has 0 aliphatic rings. The summed E-state index contributed by atoms with van der Waals surface area (Å²) in [4.78, 5) is 13.3. The van der Waals surface area contributed by atoms with Crippen molar-refractivity contribution in [2.45, 2.75) is 19.9 Å². The van der Waals surface area contributed by atoms with Gasteiger partial charge in [0.25, 0.3) is 0 Å². The Morgan fingerprint density at radius 2 is 2.11 bits per heavy atom. The van der Waals surface area contributed by atoms with Crippen molar-refractivity contribution in [1.29, 1.82) is 5.26 Å². The number of hydrogen-bond acceptors (Lipinski definition) is 2. The molecule has 0 spiro atoms. The van der Waals surface area contributed by atoms with E-state index in [9.17, 15) is 9.18 Å². The molecular weight excluding hydrogens is 233 g/mol. The molecule has 0 saturated carbocycles. The number of nitriles is 1. The van der Waals surface area contributed by atoms with Crippen LogP contribution < -0.4 is 5.32 Å². The third-order valence-electron chi connectivity index (χ3n) is 2.52. The summed E-state index contributed by atoms with van der Waals surface area (Å²) in [7, 11) is 0. The predicted molar refractivity (Wildman–Crippen MR) is 66.1 cm³/mol. The second-order valence-electron chi connectivity index (χ2n) is 3.77. The zero-order valence-corrected chi connectivity index (χ0v) is 10.3. The number of nitrogens with zero attached hydrogens (tertiary/aromatic N) is 2. The maximum atomic E-state index is 12.7. The zero-order chi connectivity index (χ0) is 13.4. The molecule has 0 bridgehead atoms. The average molecular weight is 249 g/mol. The van der Waals surface area contributed by atoms with Gasteiger partial charge in [-0.3, -0.25) is 0 Å². The highest BCUT2D eigenvalue weighted by molar-refractivity contribution is 5.74. The topological polar surface area (TPSA) is 56.1 Å². The molecule has 0 fully saturated rings. The molecule has 0 unspecified atom stereocenters. The highest BCUT2D eigenvalue weighted by Gasteiger charge is 2.10. The van der Waals surface area contributed by atoms with Crippen molar-refractivity contribution >= 4 is 6.03 Å². The van der Waals surface area contributed by atoms with Crippen molar-refractivity contribution in [2.24, 2.45) is 0 Å². The summed E-state index contributed by atoms with van der Waals surface area (Å²) in [5.41, 5.74) is 0.834. The molecule has 96 valence electrons. The van der Waals surface area contributed by atoms with Crippen LogP contribution in [0, 0.1) is 17.1 Å². The second kappa shape index (κ2) is 7.28. The molecule has 2 amide bonds. The largest absolute Gasteiger partial charge is 0.334 e. The van der Waals surface area contributed by atoms with Gasteiger partial charge in [0.15, 0.2) is 0 Å². The number of amides is 2. The standard InChI is InChI=1S/C13H16FN3O/c1-2-17(9-3-8-15)13(18)16-10-11-4-6-12(14)7-5-11/h4-7H,2-3,9-10H2,1H3,(H,16,18).